The van der Waals surface area contributed by atoms with Gasteiger partial charge in [0.1, 0.15) is 11.8 Å². The molecule has 0 bridgehead atoms. The minimum absolute atomic E-state index is 0.0663. The van der Waals surface area contributed by atoms with Crippen LogP contribution in [0.3, 0.4) is 0 Å². The maximum atomic E-state index is 12.8. The fraction of sp³-hybridized carbons (Fsp3) is 0.375. The van der Waals surface area contributed by atoms with Gasteiger partial charge in [-0.3, -0.25) is 4.79 Å². The van der Waals surface area contributed by atoms with E-state index in [9.17, 15) is 4.79 Å². The van der Waals surface area contributed by atoms with E-state index in [1.807, 2.05) is 48.2 Å². The van der Waals surface area contributed by atoms with Crippen molar-refractivity contribution in [3.63, 3.8) is 0 Å². The predicted octanol–water partition coefficient (Wildman–Crippen LogP) is 3.66. The number of amides is 1. The molecule has 1 atom stereocenters. The SMILES string of the molecule is COc1ccc2nc(N3CCCC3C(=O)NCCCc3ccccc3)nc(C)c2c1. The summed E-state index contributed by atoms with van der Waals surface area (Å²) in [6.45, 7) is 3.44. The molecule has 1 amide bonds. The molecule has 1 aliphatic rings. The Labute approximate surface area is 177 Å². The predicted molar refractivity (Wildman–Crippen MR) is 119 cm³/mol. The minimum atomic E-state index is -0.211. The van der Waals surface area contributed by atoms with Crippen molar-refractivity contribution < 1.29 is 9.53 Å². The van der Waals surface area contributed by atoms with Crippen molar-refractivity contribution in [3.05, 3.63) is 59.8 Å². The molecule has 156 valence electrons. The first-order valence-corrected chi connectivity index (χ1v) is 10.6. The largest absolute Gasteiger partial charge is 0.497 e. The van der Waals surface area contributed by atoms with Crippen molar-refractivity contribution >= 4 is 22.8 Å². The summed E-state index contributed by atoms with van der Waals surface area (Å²) in [4.78, 5) is 24.3. The van der Waals surface area contributed by atoms with Crippen LogP contribution in [-0.2, 0) is 11.2 Å². The maximum Gasteiger partial charge on any atom is 0.242 e. The van der Waals surface area contributed by atoms with Crippen LogP contribution in [0.15, 0.2) is 48.5 Å². The van der Waals surface area contributed by atoms with Crippen molar-refractivity contribution in [3.8, 4) is 5.75 Å². The Morgan fingerprint density at radius 2 is 2.03 bits per heavy atom. The van der Waals surface area contributed by atoms with Crippen LogP contribution in [0.2, 0.25) is 0 Å². The zero-order valence-corrected chi connectivity index (χ0v) is 17.6. The molecule has 1 saturated heterocycles. The number of nitrogens with one attached hydrogen (secondary N) is 1. The van der Waals surface area contributed by atoms with Crippen LogP contribution in [0, 0.1) is 6.92 Å². The molecule has 2 aromatic carbocycles. The highest BCUT2D eigenvalue weighted by molar-refractivity contribution is 5.87. The molecule has 0 aliphatic carbocycles. The van der Waals surface area contributed by atoms with Crippen LogP contribution < -0.4 is 15.0 Å². The lowest BCUT2D eigenvalue weighted by Gasteiger charge is -2.24. The topological polar surface area (TPSA) is 67.3 Å². The third kappa shape index (κ3) is 4.37. The van der Waals surface area contributed by atoms with E-state index in [0.717, 1.165) is 54.6 Å². The first-order valence-electron chi connectivity index (χ1n) is 10.6. The Morgan fingerprint density at radius 3 is 2.83 bits per heavy atom. The summed E-state index contributed by atoms with van der Waals surface area (Å²) in [5.74, 6) is 1.49. The molecule has 4 rings (SSSR count). The monoisotopic (exact) mass is 404 g/mol. The van der Waals surface area contributed by atoms with E-state index in [0.29, 0.717) is 12.5 Å². The van der Waals surface area contributed by atoms with Gasteiger partial charge in [0.05, 0.1) is 18.3 Å². The van der Waals surface area contributed by atoms with Crippen molar-refractivity contribution in [2.45, 2.75) is 38.6 Å². The Kier molecular flexibility index (Phi) is 6.12. The van der Waals surface area contributed by atoms with E-state index in [1.165, 1.54) is 5.56 Å². The van der Waals surface area contributed by atoms with Crippen LogP contribution in [0.1, 0.15) is 30.5 Å². The number of hydrogen-bond donors (Lipinski definition) is 1. The van der Waals surface area contributed by atoms with Gasteiger partial charge in [0.2, 0.25) is 11.9 Å². The van der Waals surface area contributed by atoms with Gasteiger partial charge in [-0.1, -0.05) is 30.3 Å². The van der Waals surface area contributed by atoms with Gasteiger partial charge in [0.15, 0.2) is 0 Å². The van der Waals surface area contributed by atoms with E-state index in [1.54, 1.807) is 7.11 Å². The van der Waals surface area contributed by atoms with Gasteiger partial charge < -0.3 is 15.0 Å². The molecule has 6 nitrogen and oxygen atoms in total. The summed E-state index contributed by atoms with van der Waals surface area (Å²) in [6.07, 6.45) is 3.68. The highest BCUT2D eigenvalue weighted by atomic mass is 16.5. The molecule has 0 spiro atoms. The Bertz CT molecular complexity index is 1020. The van der Waals surface area contributed by atoms with Crippen LogP contribution in [0.4, 0.5) is 5.95 Å². The van der Waals surface area contributed by atoms with Gasteiger partial charge in [-0.25, -0.2) is 9.97 Å². The molecule has 6 heteroatoms. The number of carbonyl (C=O) groups is 1. The zero-order chi connectivity index (χ0) is 20.9. The number of benzene rings is 2. The number of nitrogens with zero attached hydrogens (tertiary/aromatic N) is 3. The Balaban J connectivity index is 1.42. The molecule has 1 aromatic heterocycles. The number of methoxy groups -OCH3 is 1. The normalized spacial score (nSPS) is 16.1. The number of aromatic nitrogens is 2. The third-order valence-corrected chi connectivity index (χ3v) is 5.68. The number of anilines is 1. The second-order valence-electron chi connectivity index (χ2n) is 7.72. The molecule has 0 radical (unpaired) electrons. The fourth-order valence-corrected chi connectivity index (χ4v) is 4.05. The van der Waals surface area contributed by atoms with Gasteiger partial charge >= 0.3 is 0 Å². The smallest absolute Gasteiger partial charge is 0.242 e. The molecule has 1 aliphatic heterocycles. The highest BCUT2D eigenvalue weighted by Gasteiger charge is 2.32. The van der Waals surface area contributed by atoms with Gasteiger partial charge in [0.25, 0.3) is 0 Å². The van der Waals surface area contributed by atoms with Gasteiger partial charge in [0, 0.05) is 18.5 Å². The van der Waals surface area contributed by atoms with Crippen molar-refractivity contribution in [1.82, 2.24) is 15.3 Å². The van der Waals surface area contributed by atoms with Gasteiger partial charge in [-0.05, 0) is 56.4 Å². The summed E-state index contributed by atoms with van der Waals surface area (Å²) >= 11 is 0. The van der Waals surface area contributed by atoms with Crippen LogP contribution in [0.5, 0.6) is 5.75 Å². The maximum absolute atomic E-state index is 12.8. The van der Waals surface area contributed by atoms with E-state index < -0.39 is 0 Å². The molecule has 1 fully saturated rings. The summed E-state index contributed by atoms with van der Waals surface area (Å²) in [5.41, 5.74) is 3.06. The Hall–Kier alpha value is -3.15. The summed E-state index contributed by atoms with van der Waals surface area (Å²) in [7, 11) is 1.65. The highest BCUT2D eigenvalue weighted by Crippen LogP contribution is 2.27. The third-order valence-electron chi connectivity index (χ3n) is 5.68. The molecule has 1 N–H and O–H groups in total. The number of ether oxygens (including phenoxy) is 1. The number of rotatable bonds is 7. The number of carbonyl (C=O) groups excluding carboxylic acids is 1. The van der Waals surface area contributed by atoms with Crippen LogP contribution in [0.25, 0.3) is 10.9 Å². The van der Waals surface area contributed by atoms with Gasteiger partial charge in [-0.2, -0.15) is 0 Å². The lowest BCUT2D eigenvalue weighted by Crippen LogP contribution is -2.44. The lowest BCUT2D eigenvalue weighted by molar-refractivity contribution is -0.122. The molecule has 1 unspecified atom stereocenters. The average molecular weight is 405 g/mol. The second-order valence-corrected chi connectivity index (χ2v) is 7.72. The molecule has 30 heavy (non-hydrogen) atoms. The molecular weight excluding hydrogens is 376 g/mol. The first kappa shape index (κ1) is 20.1. The number of aryl methyl sites for hydroxylation is 2. The Morgan fingerprint density at radius 1 is 1.20 bits per heavy atom. The van der Waals surface area contributed by atoms with Crippen molar-refractivity contribution in [2.75, 3.05) is 25.1 Å². The zero-order valence-electron chi connectivity index (χ0n) is 17.6. The average Bonchev–Trinajstić information content (AvgIpc) is 3.27. The van der Waals surface area contributed by atoms with E-state index in [4.69, 9.17) is 14.7 Å². The summed E-state index contributed by atoms with van der Waals surface area (Å²) < 4.78 is 5.31. The molecular formula is C24H28N4O2. The van der Waals surface area contributed by atoms with Crippen molar-refractivity contribution in [2.24, 2.45) is 0 Å². The van der Waals surface area contributed by atoms with E-state index in [2.05, 4.69) is 17.4 Å². The molecule has 2 heterocycles. The van der Waals surface area contributed by atoms with E-state index >= 15 is 0 Å². The van der Waals surface area contributed by atoms with Crippen molar-refractivity contribution in [1.29, 1.82) is 0 Å². The van der Waals surface area contributed by atoms with E-state index in [-0.39, 0.29) is 11.9 Å². The number of fused-ring (bicyclic) bond motifs is 1. The van der Waals surface area contributed by atoms with Gasteiger partial charge in [-0.15, -0.1) is 0 Å². The fourth-order valence-electron chi connectivity index (χ4n) is 4.05. The molecule has 3 aromatic rings. The first-order chi connectivity index (χ1) is 14.7. The lowest BCUT2D eigenvalue weighted by atomic mass is 10.1. The van der Waals surface area contributed by atoms with Crippen LogP contribution in [-0.4, -0.2) is 42.1 Å². The molecule has 0 saturated carbocycles. The van der Waals surface area contributed by atoms with Crippen LogP contribution >= 0.6 is 0 Å². The summed E-state index contributed by atoms with van der Waals surface area (Å²) in [5, 5.41) is 4.08. The number of hydrogen-bond acceptors (Lipinski definition) is 5. The minimum Gasteiger partial charge on any atom is -0.497 e. The quantitative estimate of drug-likeness (QED) is 0.609. The second kappa shape index (κ2) is 9.11. The standard InChI is InChI=1S/C24H28N4O2/c1-17-20-16-19(30-2)12-13-21(20)27-24(26-17)28-15-7-11-22(28)23(29)25-14-6-10-18-8-4-3-5-9-18/h3-5,8-9,12-13,16,22H,6-7,10-11,14-15H2,1-2H3,(H,25,29). The summed E-state index contributed by atoms with van der Waals surface area (Å²) in [6, 6.07) is 15.9.